The normalized spacial score (nSPS) is 23.9. The highest BCUT2D eigenvalue weighted by molar-refractivity contribution is 5.01. The molecule has 2 heteroatoms. The molecule has 0 aromatic rings. The van der Waals surface area contributed by atoms with Gasteiger partial charge in [0, 0.05) is 0 Å². The summed E-state index contributed by atoms with van der Waals surface area (Å²) in [5.74, 6) is 8.33. The molecule has 2 nitrogen and oxygen atoms in total. The van der Waals surface area contributed by atoms with Gasteiger partial charge in [-0.15, -0.1) is 0 Å². The molecule has 0 heterocycles. The highest BCUT2D eigenvalue weighted by atomic mass is 16.5. The number of nitrogens with zero attached hydrogens (tertiary/aromatic N) is 1. The van der Waals surface area contributed by atoms with Gasteiger partial charge in [0.25, 0.3) is 0 Å². The van der Waals surface area contributed by atoms with Crippen LogP contribution in [-0.4, -0.2) is 37.2 Å². The van der Waals surface area contributed by atoms with Crippen LogP contribution >= 0.6 is 0 Å². The Labute approximate surface area is 295 Å². The molecule has 0 N–H and O–H groups in total. The summed E-state index contributed by atoms with van der Waals surface area (Å²) in [5, 5.41) is 0. The lowest BCUT2D eigenvalue weighted by Crippen LogP contribution is -2.23. The molecular weight excluding hydrogens is 571 g/mol. The molecule has 270 valence electrons. The predicted molar refractivity (Wildman–Crippen MR) is 211 cm³/mol. The monoisotopic (exact) mass is 650 g/mol. The Morgan fingerprint density at radius 3 is 1.55 bits per heavy atom. The lowest BCUT2D eigenvalue weighted by atomic mass is 9.84. The minimum atomic E-state index is 0.385. The second kappa shape index (κ2) is 34.3. The smallest absolute Gasteiger partial charge is 0.108 e. The highest BCUT2D eigenvalue weighted by Gasteiger charge is 2.14. The Balaban J connectivity index is 2.49. The molecule has 0 amide bonds. The second-order valence-corrected chi connectivity index (χ2v) is 14.2. The standard InChI is InChI=1S/C45H79NO/c1-5-44-38-32-28-24-20-16-12-10-14-18-22-26-30-34-40-45(47-42-36-35-41-46(6-2)7-3)39-33-29-25-21-17-13-9-8-11-15-19-23-27-31-37-43(44)4/h8,11-12,16,19,23-24,28,43-45H,5-7,9-10,13-15,17-18,20-22,25-27,29-34,37-42H2,1-4H3. The molecule has 0 aromatic carbocycles. The first-order chi connectivity index (χ1) is 23.2. The topological polar surface area (TPSA) is 12.5 Å². The van der Waals surface area contributed by atoms with Crippen LogP contribution in [-0.2, 0) is 4.74 Å². The quantitative estimate of drug-likeness (QED) is 0.210. The van der Waals surface area contributed by atoms with Crippen LogP contribution in [0.25, 0.3) is 0 Å². The molecule has 3 unspecified atom stereocenters. The average Bonchev–Trinajstić information content (AvgIpc) is 3.08. The fourth-order valence-corrected chi connectivity index (χ4v) is 6.83. The molecule has 0 saturated carbocycles. The van der Waals surface area contributed by atoms with Gasteiger partial charge in [0.1, 0.15) is 6.61 Å². The van der Waals surface area contributed by atoms with Crippen molar-refractivity contribution in [2.45, 2.75) is 188 Å². The van der Waals surface area contributed by atoms with E-state index in [2.05, 4.69) is 93.0 Å². The Bertz CT molecular complexity index is 838. The first kappa shape index (κ1) is 43.5. The fourth-order valence-electron chi connectivity index (χ4n) is 6.83. The first-order valence-corrected chi connectivity index (χ1v) is 20.6. The van der Waals surface area contributed by atoms with Gasteiger partial charge in [-0.25, -0.2) is 0 Å². The minimum absolute atomic E-state index is 0.385. The summed E-state index contributed by atoms with van der Waals surface area (Å²) in [6, 6.07) is 0. The Morgan fingerprint density at radius 2 is 1.02 bits per heavy atom. The average molecular weight is 650 g/mol. The zero-order valence-electron chi connectivity index (χ0n) is 32.0. The predicted octanol–water partition coefficient (Wildman–Crippen LogP) is 13.6. The van der Waals surface area contributed by atoms with Crippen molar-refractivity contribution in [3.63, 3.8) is 0 Å². The van der Waals surface area contributed by atoms with E-state index in [4.69, 9.17) is 4.74 Å². The van der Waals surface area contributed by atoms with E-state index < -0.39 is 0 Å². The van der Waals surface area contributed by atoms with Crippen molar-refractivity contribution in [2.75, 3.05) is 26.2 Å². The molecule has 1 aliphatic carbocycles. The highest BCUT2D eigenvalue weighted by Crippen LogP contribution is 2.26. The maximum atomic E-state index is 6.32. The van der Waals surface area contributed by atoms with E-state index in [0.29, 0.717) is 12.7 Å². The molecule has 0 fully saturated rings. The molecule has 0 bridgehead atoms. The van der Waals surface area contributed by atoms with Gasteiger partial charge >= 0.3 is 0 Å². The second-order valence-electron chi connectivity index (χ2n) is 14.2. The largest absolute Gasteiger partial charge is 0.366 e. The van der Waals surface area contributed by atoms with Gasteiger partial charge in [-0.3, -0.25) is 4.90 Å². The van der Waals surface area contributed by atoms with Crippen molar-refractivity contribution in [1.29, 1.82) is 0 Å². The van der Waals surface area contributed by atoms with Gasteiger partial charge in [0.05, 0.1) is 12.6 Å². The molecule has 47 heavy (non-hydrogen) atoms. The third-order valence-electron chi connectivity index (χ3n) is 10.3. The van der Waals surface area contributed by atoms with E-state index in [1.54, 1.807) is 0 Å². The molecular formula is C45H79NO. The number of hydrogen-bond donors (Lipinski definition) is 0. The Hall–Kier alpha value is -1.56. The number of ether oxygens (including phenoxy) is 1. The van der Waals surface area contributed by atoms with Gasteiger partial charge in [-0.05, 0) is 102 Å². The van der Waals surface area contributed by atoms with Crippen LogP contribution in [0.15, 0.2) is 48.6 Å². The lowest BCUT2D eigenvalue weighted by Gasteiger charge is -2.22. The number of allylic oxidation sites excluding steroid dienone is 8. The van der Waals surface area contributed by atoms with E-state index in [-0.39, 0.29) is 0 Å². The van der Waals surface area contributed by atoms with E-state index in [1.165, 1.54) is 141 Å². The molecule has 0 saturated heterocycles. The summed E-state index contributed by atoms with van der Waals surface area (Å²) in [6.07, 6.45) is 50.6. The zero-order chi connectivity index (χ0) is 33.9. The third-order valence-corrected chi connectivity index (χ3v) is 10.3. The summed E-state index contributed by atoms with van der Waals surface area (Å²) in [4.78, 5) is 2.36. The molecule has 1 aliphatic rings. The summed E-state index contributed by atoms with van der Waals surface area (Å²) in [7, 11) is 0. The minimum Gasteiger partial charge on any atom is -0.366 e. The maximum Gasteiger partial charge on any atom is 0.108 e. The van der Waals surface area contributed by atoms with Gasteiger partial charge in [-0.1, -0.05) is 165 Å². The van der Waals surface area contributed by atoms with Crippen molar-refractivity contribution in [3.8, 4) is 11.8 Å². The van der Waals surface area contributed by atoms with Gasteiger partial charge < -0.3 is 4.74 Å². The van der Waals surface area contributed by atoms with Crippen LogP contribution < -0.4 is 0 Å². The van der Waals surface area contributed by atoms with Crippen molar-refractivity contribution in [1.82, 2.24) is 4.90 Å². The van der Waals surface area contributed by atoms with E-state index >= 15 is 0 Å². The van der Waals surface area contributed by atoms with Crippen LogP contribution in [0.3, 0.4) is 0 Å². The van der Waals surface area contributed by atoms with E-state index in [9.17, 15) is 0 Å². The molecule has 0 aliphatic heterocycles. The van der Waals surface area contributed by atoms with Crippen LogP contribution in [0.4, 0.5) is 0 Å². The number of hydrogen-bond acceptors (Lipinski definition) is 2. The lowest BCUT2D eigenvalue weighted by molar-refractivity contribution is 0.0606. The van der Waals surface area contributed by atoms with Crippen molar-refractivity contribution < 1.29 is 4.74 Å². The SMILES string of the molecule is CCC1CCC=CCC=CCCCCCCCCC(OCC#CCN(CC)CC)CCCCCCCCC=CCC=CCCCC1C. The van der Waals surface area contributed by atoms with Crippen LogP contribution in [0.2, 0.25) is 0 Å². The Morgan fingerprint density at radius 1 is 0.532 bits per heavy atom. The zero-order valence-corrected chi connectivity index (χ0v) is 32.0. The van der Waals surface area contributed by atoms with Crippen molar-refractivity contribution in [2.24, 2.45) is 11.8 Å². The summed E-state index contributed by atoms with van der Waals surface area (Å²) >= 11 is 0. The molecule has 0 radical (unpaired) electrons. The molecule has 3 atom stereocenters. The number of rotatable bonds is 6. The first-order valence-electron chi connectivity index (χ1n) is 20.6. The van der Waals surface area contributed by atoms with Crippen LogP contribution in [0, 0.1) is 23.7 Å². The van der Waals surface area contributed by atoms with Crippen molar-refractivity contribution in [3.05, 3.63) is 48.6 Å². The van der Waals surface area contributed by atoms with Gasteiger partial charge in [0.15, 0.2) is 0 Å². The summed E-state index contributed by atoms with van der Waals surface area (Å²) in [6.45, 7) is 12.9. The molecule has 1 rings (SSSR count). The third kappa shape index (κ3) is 28.0. The molecule has 0 spiro atoms. The summed E-state index contributed by atoms with van der Waals surface area (Å²) in [5.41, 5.74) is 0. The maximum absolute atomic E-state index is 6.32. The molecule has 0 aromatic heterocycles. The Kier molecular flexibility index (Phi) is 31.7. The van der Waals surface area contributed by atoms with Crippen LogP contribution in [0.5, 0.6) is 0 Å². The van der Waals surface area contributed by atoms with Gasteiger partial charge in [0.2, 0.25) is 0 Å². The van der Waals surface area contributed by atoms with E-state index in [1.807, 2.05) is 0 Å². The van der Waals surface area contributed by atoms with Crippen molar-refractivity contribution >= 4 is 0 Å². The van der Waals surface area contributed by atoms with Gasteiger partial charge in [-0.2, -0.15) is 0 Å². The van der Waals surface area contributed by atoms with Crippen LogP contribution in [0.1, 0.15) is 182 Å². The fraction of sp³-hybridized carbons (Fsp3) is 0.778. The van der Waals surface area contributed by atoms with E-state index in [0.717, 1.165) is 44.3 Å². The summed E-state index contributed by atoms with van der Waals surface area (Å²) < 4.78 is 6.32.